The van der Waals surface area contributed by atoms with E-state index in [1.165, 1.54) is 0 Å². The summed E-state index contributed by atoms with van der Waals surface area (Å²) in [5.74, 6) is -3.81. The van der Waals surface area contributed by atoms with Gasteiger partial charge < -0.3 is 15.7 Å². The number of aliphatic hydroxyl groups is 1. The zero-order chi connectivity index (χ0) is 18.6. The van der Waals surface area contributed by atoms with Crippen molar-refractivity contribution in [3.8, 4) is 0 Å². The molecule has 2 aromatic rings. The van der Waals surface area contributed by atoms with Crippen molar-refractivity contribution < 1.29 is 23.5 Å². The van der Waals surface area contributed by atoms with Gasteiger partial charge >= 0.3 is 11.8 Å². The van der Waals surface area contributed by atoms with E-state index in [1.54, 1.807) is 19.1 Å². The Balaban J connectivity index is 1.98. The van der Waals surface area contributed by atoms with Crippen LogP contribution in [0.3, 0.4) is 0 Å². The molecule has 0 aliphatic carbocycles. The average Bonchev–Trinajstić information content (AvgIpc) is 2.56. The van der Waals surface area contributed by atoms with E-state index in [9.17, 15) is 23.5 Å². The van der Waals surface area contributed by atoms with Crippen LogP contribution in [0.4, 0.5) is 14.5 Å². The Kier molecular flexibility index (Phi) is 5.82. The summed E-state index contributed by atoms with van der Waals surface area (Å²) in [6.07, 6.45) is -1.61. The SMILES string of the molecule is Cc1cccc(NC(=O)C(=O)NC[C@H](O)c2c(F)cccc2F)c1C. The van der Waals surface area contributed by atoms with Crippen molar-refractivity contribution in [2.24, 2.45) is 0 Å². The second kappa shape index (κ2) is 7.85. The van der Waals surface area contributed by atoms with E-state index < -0.39 is 41.7 Å². The fraction of sp³-hybridized carbons (Fsp3) is 0.222. The standard InChI is InChI=1S/C18H18F2N2O3/c1-10-5-3-8-14(11(10)2)22-18(25)17(24)21-9-15(23)16-12(19)6-4-7-13(16)20/h3-8,15,23H,9H2,1-2H3,(H,21,24)(H,22,25)/t15-/m0/s1. The molecule has 0 unspecified atom stereocenters. The number of aryl methyl sites for hydroxylation is 1. The largest absolute Gasteiger partial charge is 0.386 e. The third-order valence-electron chi connectivity index (χ3n) is 3.85. The van der Waals surface area contributed by atoms with Gasteiger partial charge in [-0.15, -0.1) is 0 Å². The van der Waals surface area contributed by atoms with Gasteiger partial charge in [-0.1, -0.05) is 18.2 Å². The fourth-order valence-electron chi connectivity index (χ4n) is 2.27. The molecule has 2 rings (SSSR count). The van der Waals surface area contributed by atoms with E-state index >= 15 is 0 Å². The van der Waals surface area contributed by atoms with Gasteiger partial charge in [0.1, 0.15) is 17.7 Å². The Bertz CT molecular complexity index is 789. The summed E-state index contributed by atoms with van der Waals surface area (Å²) in [7, 11) is 0. The minimum atomic E-state index is -1.61. The van der Waals surface area contributed by atoms with Gasteiger partial charge in [-0.3, -0.25) is 9.59 Å². The van der Waals surface area contributed by atoms with E-state index in [1.807, 2.05) is 13.0 Å². The lowest BCUT2D eigenvalue weighted by molar-refractivity contribution is -0.136. The van der Waals surface area contributed by atoms with Crippen LogP contribution in [0.1, 0.15) is 22.8 Å². The molecule has 0 spiro atoms. The first-order valence-electron chi connectivity index (χ1n) is 7.58. The number of benzene rings is 2. The van der Waals surface area contributed by atoms with Gasteiger partial charge in [-0.05, 0) is 43.2 Å². The molecule has 0 saturated heterocycles. The summed E-state index contributed by atoms with van der Waals surface area (Å²) in [6.45, 7) is 3.16. The van der Waals surface area contributed by atoms with Crippen molar-refractivity contribution in [2.75, 3.05) is 11.9 Å². The van der Waals surface area contributed by atoms with Crippen LogP contribution in [0, 0.1) is 25.5 Å². The van der Waals surface area contributed by atoms with Gasteiger partial charge in [-0.25, -0.2) is 8.78 Å². The maximum absolute atomic E-state index is 13.6. The molecule has 25 heavy (non-hydrogen) atoms. The van der Waals surface area contributed by atoms with Crippen LogP contribution < -0.4 is 10.6 Å². The van der Waals surface area contributed by atoms with E-state index in [0.29, 0.717) is 5.69 Å². The quantitative estimate of drug-likeness (QED) is 0.743. The third kappa shape index (κ3) is 4.39. The summed E-state index contributed by atoms with van der Waals surface area (Å²) < 4.78 is 27.1. The van der Waals surface area contributed by atoms with Gasteiger partial charge in [0, 0.05) is 12.2 Å². The molecule has 0 bridgehead atoms. The first kappa shape index (κ1) is 18.5. The smallest absolute Gasteiger partial charge is 0.313 e. The normalized spacial score (nSPS) is 11.7. The van der Waals surface area contributed by atoms with Crippen molar-refractivity contribution in [3.05, 3.63) is 64.7 Å². The predicted octanol–water partition coefficient (Wildman–Crippen LogP) is 2.37. The van der Waals surface area contributed by atoms with Crippen molar-refractivity contribution in [1.82, 2.24) is 5.32 Å². The molecule has 1 atom stereocenters. The first-order valence-corrected chi connectivity index (χ1v) is 7.58. The molecule has 5 nitrogen and oxygen atoms in total. The number of hydrogen-bond donors (Lipinski definition) is 3. The molecule has 2 aromatic carbocycles. The van der Waals surface area contributed by atoms with Crippen LogP contribution in [0.2, 0.25) is 0 Å². The van der Waals surface area contributed by atoms with Crippen molar-refractivity contribution in [2.45, 2.75) is 20.0 Å². The second-order valence-electron chi connectivity index (χ2n) is 5.56. The van der Waals surface area contributed by atoms with Crippen LogP contribution in [0.25, 0.3) is 0 Å². The van der Waals surface area contributed by atoms with Crippen molar-refractivity contribution >= 4 is 17.5 Å². The van der Waals surface area contributed by atoms with E-state index in [-0.39, 0.29) is 0 Å². The summed E-state index contributed by atoms with van der Waals surface area (Å²) >= 11 is 0. The molecule has 132 valence electrons. The third-order valence-corrected chi connectivity index (χ3v) is 3.85. The second-order valence-corrected chi connectivity index (χ2v) is 5.56. The van der Waals surface area contributed by atoms with Crippen LogP contribution in [-0.2, 0) is 9.59 Å². The minimum absolute atomic E-state index is 0.487. The summed E-state index contributed by atoms with van der Waals surface area (Å²) in [6, 6.07) is 8.41. The van der Waals surface area contributed by atoms with Crippen LogP contribution >= 0.6 is 0 Å². The fourth-order valence-corrected chi connectivity index (χ4v) is 2.27. The number of carbonyl (C=O) groups excluding carboxylic acids is 2. The summed E-state index contributed by atoms with van der Waals surface area (Å²) in [5.41, 5.74) is 1.69. The molecular formula is C18H18F2N2O3. The number of hydrogen-bond acceptors (Lipinski definition) is 3. The van der Waals surface area contributed by atoms with Gasteiger partial charge in [-0.2, -0.15) is 0 Å². The number of amides is 2. The van der Waals surface area contributed by atoms with Crippen LogP contribution in [0.5, 0.6) is 0 Å². The topological polar surface area (TPSA) is 78.4 Å². The highest BCUT2D eigenvalue weighted by Gasteiger charge is 2.21. The lowest BCUT2D eigenvalue weighted by atomic mass is 10.1. The Morgan fingerprint density at radius 3 is 2.28 bits per heavy atom. The molecule has 0 saturated carbocycles. The van der Waals surface area contributed by atoms with Crippen LogP contribution in [-0.4, -0.2) is 23.5 Å². The van der Waals surface area contributed by atoms with Crippen molar-refractivity contribution in [1.29, 1.82) is 0 Å². The Hall–Kier alpha value is -2.80. The summed E-state index contributed by atoms with van der Waals surface area (Å²) in [5, 5.41) is 14.5. The molecule has 0 radical (unpaired) electrons. The molecule has 7 heteroatoms. The Morgan fingerprint density at radius 1 is 1.04 bits per heavy atom. The minimum Gasteiger partial charge on any atom is -0.386 e. The predicted molar refractivity (Wildman–Crippen MR) is 88.9 cm³/mol. The molecule has 0 aromatic heterocycles. The van der Waals surface area contributed by atoms with Gasteiger partial charge in [0.05, 0.1) is 5.56 Å². The maximum Gasteiger partial charge on any atom is 0.313 e. The average molecular weight is 348 g/mol. The van der Waals surface area contributed by atoms with Gasteiger partial charge in [0.25, 0.3) is 0 Å². The zero-order valence-corrected chi connectivity index (χ0v) is 13.8. The lowest BCUT2D eigenvalue weighted by Gasteiger charge is -2.14. The molecule has 2 amide bonds. The molecular weight excluding hydrogens is 330 g/mol. The van der Waals surface area contributed by atoms with Crippen LogP contribution in [0.15, 0.2) is 36.4 Å². The highest BCUT2D eigenvalue weighted by atomic mass is 19.1. The zero-order valence-electron chi connectivity index (χ0n) is 13.8. The maximum atomic E-state index is 13.6. The molecule has 3 N–H and O–H groups in total. The lowest BCUT2D eigenvalue weighted by Crippen LogP contribution is -2.38. The van der Waals surface area contributed by atoms with Gasteiger partial charge in [0.2, 0.25) is 0 Å². The Labute approximate surface area is 143 Å². The number of nitrogens with one attached hydrogen (secondary N) is 2. The molecule has 0 fully saturated rings. The number of anilines is 1. The highest BCUT2D eigenvalue weighted by Crippen LogP contribution is 2.20. The van der Waals surface area contributed by atoms with E-state index in [4.69, 9.17) is 0 Å². The number of carbonyl (C=O) groups is 2. The van der Waals surface area contributed by atoms with E-state index in [0.717, 1.165) is 29.3 Å². The Morgan fingerprint density at radius 2 is 1.64 bits per heavy atom. The molecule has 0 heterocycles. The first-order chi connectivity index (χ1) is 11.8. The monoisotopic (exact) mass is 348 g/mol. The highest BCUT2D eigenvalue weighted by molar-refractivity contribution is 6.39. The number of rotatable bonds is 4. The molecule has 0 aliphatic rings. The number of aliphatic hydroxyl groups excluding tert-OH is 1. The molecule has 0 aliphatic heterocycles. The number of halogens is 2. The van der Waals surface area contributed by atoms with Crippen molar-refractivity contribution in [3.63, 3.8) is 0 Å². The van der Waals surface area contributed by atoms with Gasteiger partial charge in [0.15, 0.2) is 0 Å². The van der Waals surface area contributed by atoms with E-state index in [2.05, 4.69) is 10.6 Å². The summed E-state index contributed by atoms with van der Waals surface area (Å²) in [4.78, 5) is 23.7.